The summed E-state index contributed by atoms with van der Waals surface area (Å²) in [5, 5.41) is 1.47. The van der Waals surface area contributed by atoms with Gasteiger partial charge in [0.25, 0.3) is 0 Å². The van der Waals surface area contributed by atoms with Gasteiger partial charge in [0.1, 0.15) is 5.82 Å². The SMILES string of the molecule is Cc1c(-c2ccccc2)nc2ccc(Cl)cc2c1-c1ccccc1F. The highest BCUT2D eigenvalue weighted by Gasteiger charge is 2.17. The van der Waals surface area contributed by atoms with E-state index in [1.54, 1.807) is 12.1 Å². The van der Waals surface area contributed by atoms with Gasteiger partial charge in [-0.1, -0.05) is 60.1 Å². The van der Waals surface area contributed by atoms with Gasteiger partial charge in [0.05, 0.1) is 11.2 Å². The molecule has 0 amide bonds. The molecule has 0 atom stereocenters. The summed E-state index contributed by atoms with van der Waals surface area (Å²) in [7, 11) is 0. The predicted octanol–water partition coefficient (Wildman–Crippen LogP) is 6.67. The lowest BCUT2D eigenvalue weighted by atomic mass is 9.92. The van der Waals surface area contributed by atoms with E-state index in [4.69, 9.17) is 16.6 Å². The second kappa shape index (κ2) is 6.30. The Morgan fingerprint density at radius 1 is 0.880 bits per heavy atom. The van der Waals surface area contributed by atoms with Gasteiger partial charge in [0.2, 0.25) is 0 Å². The Kier molecular flexibility index (Phi) is 3.98. The van der Waals surface area contributed by atoms with E-state index in [9.17, 15) is 4.39 Å². The summed E-state index contributed by atoms with van der Waals surface area (Å²) in [6, 6.07) is 22.3. The Morgan fingerprint density at radius 3 is 2.36 bits per heavy atom. The van der Waals surface area contributed by atoms with Gasteiger partial charge in [-0.05, 0) is 42.3 Å². The fraction of sp³-hybridized carbons (Fsp3) is 0.0455. The van der Waals surface area contributed by atoms with E-state index < -0.39 is 0 Å². The average molecular weight is 348 g/mol. The second-order valence-electron chi connectivity index (χ2n) is 5.97. The van der Waals surface area contributed by atoms with Crippen LogP contribution in [0.25, 0.3) is 33.3 Å². The summed E-state index contributed by atoms with van der Waals surface area (Å²) in [4.78, 5) is 4.82. The number of halogens is 2. The van der Waals surface area contributed by atoms with Crippen LogP contribution in [0, 0.1) is 12.7 Å². The average Bonchev–Trinajstić information content (AvgIpc) is 2.63. The molecule has 0 saturated carbocycles. The van der Waals surface area contributed by atoms with Crippen LogP contribution in [-0.4, -0.2) is 4.98 Å². The summed E-state index contributed by atoms with van der Waals surface area (Å²) in [5.41, 5.74) is 5.00. The van der Waals surface area contributed by atoms with Crippen molar-refractivity contribution in [2.24, 2.45) is 0 Å². The molecule has 4 rings (SSSR count). The van der Waals surface area contributed by atoms with Crippen molar-refractivity contribution < 1.29 is 4.39 Å². The summed E-state index contributed by atoms with van der Waals surface area (Å²) in [6.45, 7) is 1.98. The summed E-state index contributed by atoms with van der Waals surface area (Å²) in [5.74, 6) is -0.253. The normalized spacial score (nSPS) is 11.0. The molecule has 3 heteroatoms. The Bertz CT molecular complexity index is 1070. The van der Waals surface area contributed by atoms with Gasteiger partial charge in [-0.2, -0.15) is 0 Å². The molecule has 1 heterocycles. The number of nitrogens with zero attached hydrogens (tertiary/aromatic N) is 1. The lowest BCUT2D eigenvalue weighted by Gasteiger charge is -2.16. The second-order valence-corrected chi connectivity index (χ2v) is 6.40. The van der Waals surface area contributed by atoms with Crippen LogP contribution < -0.4 is 0 Å². The smallest absolute Gasteiger partial charge is 0.131 e. The van der Waals surface area contributed by atoms with Crippen LogP contribution in [0.5, 0.6) is 0 Å². The van der Waals surface area contributed by atoms with E-state index in [0.29, 0.717) is 10.6 Å². The van der Waals surface area contributed by atoms with E-state index >= 15 is 0 Å². The van der Waals surface area contributed by atoms with Crippen LogP contribution in [0.1, 0.15) is 5.56 Å². The van der Waals surface area contributed by atoms with Crippen LogP contribution in [0.3, 0.4) is 0 Å². The largest absolute Gasteiger partial charge is 0.247 e. The van der Waals surface area contributed by atoms with Crippen LogP contribution in [0.15, 0.2) is 72.8 Å². The molecule has 0 aliphatic carbocycles. The molecule has 4 aromatic rings. The maximum Gasteiger partial charge on any atom is 0.131 e. The molecular formula is C22H15ClFN. The number of benzene rings is 3. The number of fused-ring (bicyclic) bond motifs is 1. The van der Waals surface area contributed by atoms with E-state index in [1.165, 1.54) is 6.07 Å². The highest BCUT2D eigenvalue weighted by molar-refractivity contribution is 6.31. The summed E-state index contributed by atoms with van der Waals surface area (Å²) in [6.07, 6.45) is 0. The highest BCUT2D eigenvalue weighted by Crippen LogP contribution is 2.38. The zero-order valence-electron chi connectivity index (χ0n) is 13.6. The fourth-order valence-corrected chi connectivity index (χ4v) is 3.39. The molecule has 0 N–H and O–H groups in total. The Labute approximate surface area is 150 Å². The van der Waals surface area contributed by atoms with Gasteiger partial charge in [-0.3, -0.25) is 0 Å². The van der Waals surface area contributed by atoms with Gasteiger partial charge in [-0.15, -0.1) is 0 Å². The molecule has 0 aliphatic heterocycles. The number of pyridine rings is 1. The standard InChI is InChI=1S/C22H15ClFN/c1-14-21(17-9-5-6-10-19(17)24)18-13-16(23)11-12-20(18)25-22(14)15-7-3-2-4-8-15/h2-13H,1H3. The van der Waals surface area contributed by atoms with Crippen LogP contribution in [0.4, 0.5) is 4.39 Å². The first-order valence-corrected chi connectivity index (χ1v) is 8.43. The van der Waals surface area contributed by atoms with Crippen molar-refractivity contribution in [3.05, 3.63) is 89.2 Å². The topological polar surface area (TPSA) is 12.9 Å². The molecule has 0 radical (unpaired) electrons. The van der Waals surface area contributed by atoms with Crippen molar-refractivity contribution in [3.63, 3.8) is 0 Å². The minimum atomic E-state index is -0.253. The molecule has 0 bridgehead atoms. The van der Waals surface area contributed by atoms with Crippen LogP contribution >= 0.6 is 11.6 Å². The number of aromatic nitrogens is 1. The van der Waals surface area contributed by atoms with Gasteiger partial charge >= 0.3 is 0 Å². The minimum absolute atomic E-state index is 0.253. The third kappa shape index (κ3) is 2.79. The van der Waals surface area contributed by atoms with Crippen molar-refractivity contribution in [2.45, 2.75) is 6.92 Å². The van der Waals surface area contributed by atoms with Gasteiger partial charge in [-0.25, -0.2) is 9.37 Å². The first-order valence-electron chi connectivity index (χ1n) is 8.05. The fourth-order valence-electron chi connectivity index (χ4n) is 3.22. The number of hydrogen-bond donors (Lipinski definition) is 0. The van der Waals surface area contributed by atoms with Gasteiger partial charge in [0, 0.05) is 21.5 Å². The van der Waals surface area contributed by atoms with Gasteiger partial charge < -0.3 is 0 Å². The monoisotopic (exact) mass is 347 g/mol. The Morgan fingerprint density at radius 2 is 1.60 bits per heavy atom. The zero-order chi connectivity index (χ0) is 17.4. The Balaban J connectivity index is 2.14. The van der Waals surface area contributed by atoms with E-state index in [0.717, 1.165) is 33.3 Å². The van der Waals surface area contributed by atoms with Crippen molar-refractivity contribution in [1.29, 1.82) is 0 Å². The molecule has 0 unspecified atom stereocenters. The molecule has 0 saturated heterocycles. The molecule has 25 heavy (non-hydrogen) atoms. The molecule has 1 aromatic heterocycles. The van der Waals surface area contributed by atoms with Crippen molar-refractivity contribution in [2.75, 3.05) is 0 Å². The number of rotatable bonds is 2. The number of hydrogen-bond acceptors (Lipinski definition) is 1. The lowest BCUT2D eigenvalue weighted by Crippen LogP contribution is -1.97. The van der Waals surface area contributed by atoms with Crippen molar-refractivity contribution in [1.82, 2.24) is 4.98 Å². The lowest BCUT2D eigenvalue weighted by molar-refractivity contribution is 0.631. The maximum atomic E-state index is 14.6. The van der Waals surface area contributed by atoms with E-state index in [1.807, 2.05) is 61.5 Å². The molecule has 122 valence electrons. The Hall–Kier alpha value is -2.71. The van der Waals surface area contributed by atoms with E-state index in [2.05, 4.69) is 0 Å². The van der Waals surface area contributed by atoms with Crippen LogP contribution in [-0.2, 0) is 0 Å². The van der Waals surface area contributed by atoms with Crippen molar-refractivity contribution >= 4 is 22.5 Å². The molecule has 0 fully saturated rings. The van der Waals surface area contributed by atoms with Gasteiger partial charge in [0.15, 0.2) is 0 Å². The molecule has 1 nitrogen and oxygen atoms in total. The molecular weight excluding hydrogens is 333 g/mol. The molecule has 0 aliphatic rings. The van der Waals surface area contributed by atoms with Crippen molar-refractivity contribution in [3.8, 4) is 22.4 Å². The summed E-state index contributed by atoms with van der Waals surface area (Å²) < 4.78 is 14.6. The third-order valence-electron chi connectivity index (χ3n) is 4.38. The third-order valence-corrected chi connectivity index (χ3v) is 4.62. The molecule has 3 aromatic carbocycles. The predicted molar refractivity (Wildman–Crippen MR) is 102 cm³/mol. The molecule has 0 spiro atoms. The maximum absolute atomic E-state index is 14.6. The summed E-state index contributed by atoms with van der Waals surface area (Å²) >= 11 is 6.21. The van der Waals surface area contributed by atoms with E-state index in [-0.39, 0.29) is 5.82 Å². The highest BCUT2D eigenvalue weighted by atomic mass is 35.5. The quantitative estimate of drug-likeness (QED) is 0.394. The first kappa shape index (κ1) is 15.8. The van der Waals surface area contributed by atoms with Crippen LogP contribution in [0.2, 0.25) is 5.02 Å². The minimum Gasteiger partial charge on any atom is -0.247 e. The zero-order valence-corrected chi connectivity index (χ0v) is 14.4. The first-order chi connectivity index (χ1) is 12.1.